The van der Waals surface area contributed by atoms with Crippen LogP contribution >= 0.6 is 0 Å². The first-order chi connectivity index (χ1) is 13.1. The first-order valence-electron chi connectivity index (χ1n) is 8.97. The fourth-order valence-electron chi connectivity index (χ4n) is 3.47. The van der Waals surface area contributed by atoms with E-state index in [1.54, 1.807) is 6.33 Å². The largest absolute Gasteiger partial charge is 0.377 e. The molecule has 0 spiro atoms. The van der Waals surface area contributed by atoms with E-state index in [0.29, 0.717) is 0 Å². The molecule has 0 unspecified atom stereocenters. The van der Waals surface area contributed by atoms with E-state index in [0.717, 1.165) is 28.0 Å². The van der Waals surface area contributed by atoms with Crippen molar-refractivity contribution in [1.29, 1.82) is 0 Å². The molecule has 0 saturated heterocycles. The second-order valence-corrected chi connectivity index (χ2v) is 6.81. The zero-order valence-electron chi connectivity index (χ0n) is 15.8. The number of hydrogen-bond donors (Lipinski definition) is 1. The lowest BCUT2D eigenvalue weighted by Crippen LogP contribution is -2.11. The van der Waals surface area contributed by atoms with Crippen molar-refractivity contribution in [2.75, 3.05) is 24.3 Å². The summed E-state index contributed by atoms with van der Waals surface area (Å²) >= 11 is 0. The summed E-state index contributed by atoms with van der Waals surface area (Å²) in [4.78, 5) is 11.1. The van der Waals surface area contributed by atoms with Gasteiger partial charge in [-0.25, -0.2) is 9.97 Å². The second kappa shape index (κ2) is 7.08. The van der Waals surface area contributed by atoms with Crippen molar-refractivity contribution in [1.82, 2.24) is 9.97 Å². The number of aryl methyl sites for hydroxylation is 1. The Morgan fingerprint density at radius 3 is 2.44 bits per heavy atom. The van der Waals surface area contributed by atoms with Gasteiger partial charge in [0.05, 0.1) is 5.52 Å². The van der Waals surface area contributed by atoms with E-state index in [-0.39, 0.29) is 0 Å². The van der Waals surface area contributed by atoms with E-state index >= 15 is 0 Å². The van der Waals surface area contributed by atoms with Gasteiger partial charge in [0.2, 0.25) is 0 Å². The molecule has 27 heavy (non-hydrogen) atoms. The third-order valence-electron chi connectivity index (χ3n) is 4.67. The molecule has 4 rings (SSSR count). The van der Waals surface area contributed by atoms with Crippen LogP contribution in [0.3, 0.4) is 0 Å². The summed E-state index contributed by atoms with van der Waals surface area (Å²) in [6.45, 7) is 2.14. The summed E-state index contributed by atoms with van der Waals surface area (Å²) < 4.78 is 0. The normalized spacial score (nSPS) is 10.8. The molecule has 1 heterocycles. The molecular weight excluding hydrogens is 332 g/mol. The smallest absolute Gasteiger partial charge is 0.141 e. The predicted octanol–water partition coefficient (Wildman–Crippen LogP) is 5.41. The van der Waals surface area contributed by atoms with Crippen LogP contribution in [0, 0.1) is 6.92 Å². The fraction of sp³-hybridized carbons (Fsp3) is 0.130. The molecule has 4 aromatic rings. The van der Waals surface area contributed by atoms with Crippen LogP contribution in [-0.2, 0) is 0 Å². The van der Waals surface area contributed by atoms with Crippen molar-refractivity contribution < 1.29 is 0 Å². The van der Waals surface area contributed by atoms with E-state index in [4.69, 9.17) is 0 Å². The maximum Gasteiger partial charge on any atom is 0.141 e. The number of fused-ring (bicyclic) bond motifs is 1. The predicted molar refractivity (Wildman–Crippen MR) is 114 cm³/mol. The molecule has 0 radical (unpaired) electrons. The Kier molecular flexibility index (Phi) is 4.47. The van der Waals surface area contributed by atoms with Crippen molar-refractivity contribution in [3.05, 3.63) is 78.6 Å². The minimum Gasteiger partial charge on any atom is -0.377 e. The Hall–Kier alpha value is -3.40. The number of nitrogens with zero attached hydrogens (tertiary/aromatic N) is 3. The van der Waals surface area contributed by atoms with Crippen molar-refractivity contribution in [3.8, 4) is 11.1 Å². The van der Waals surface area contributed by atoms with E-state index < -0.39 is 0 Å². The van der Waals surface area contributed by atoms with E-state index in [1.165, 1.54) is 16.8 Å². The number of para-hydroxylation sites is 2. The molecule has 0 aliphatic carbocycles. The highest BCUT2D eigenvalue weighted by molar-refractivity contribution is 5.95. The summed E-state index contributed by atoms with van der Waals surface area (Å²) in [5.41, 5.74) is 6.77. The van der Waals surface area contributed by atoms with Crippen LogP contribution < -0.4 is 10.2 Å². The minimum absolute atomic E-state index is 0.812. The number of anilines is 3. The summed E-state index contributed by atoms with van der Waals surface area (Å²) in [5, 5.41) is 4.42. The number of rotatable bonds is 4. The average molecular weight is 354 g/mol. The van der Waals surface area contributed by atoms with E-state index in [2.05, 4.69) is 77.6 Å². The number of nitrogens with one attached hydrogen (secondary N) is 1. The highest BCUT2D eigenvalue weighted by Gasteiger charge is 2.12. The van der Waals surface area contributed by atoms with Gasteiger partial charge in [-0.1, -0.05) is 42.5 Å². The third-order valence-corrected chi connectivity index (χ3v) is 4.67. The van der Waals surface area contributed by atoms with Crippen LogP contribution in [0.1, 0.15) is 5.56 Å². The Labute approximate surface area is 159 Å². The van der Waals surface area contributed by atoms with Gasteiger partial charge in [-0.15, -0.1) is 0 Å². The molecule has 0 aliphatic heterocycles. The monoisotopic (exact) mass is 354 g/mol. The molecule has 0 saturated carbocycles. The van der Waals surface area contributed by atoms with Gasteiger partial charge in [-0.05, 0) is 42.3 Å². The van der Waals surface area contributed by atoms with Crippen LogP contribution in [0.2, 0.25) is 0 Å². The first-order valence-corrected chi connectivity index (χ1v) is 8.97. The van der Waals surface area contributed by atoms with Crippen LogP contribution in [0.5, 0.6) is 0 Å². The van der Waals surface area contributed by atoms with Crippen LogP contribution in [-0.4, -0.2) is 24.1 Å². The molecule has 1 N–H and O–H groups in total. The van der Waals surface area contributed by atoms with Gasteiger partial charge in [0, 0.05) is 36.4 Å². The van der Waals surface area contributed by atoms with Crippen molar-refractivity contribution >= 4 is 28.1 Å². The van der Waals surface area contributed by atoms with Gasteiger partial charge in [-0.3, -0.25) is 0 Å². The van der Waals surface area contributed by atoms with Crippen LogP contribution in [0.4, 0.5) is 17.2 Å². The number of benzene rings is 3. The SMILES string of the molecule is Cc1cccc(-c2ccc3ncnc(Nc4ccccc4)c3c2)c1N(C)C. The van der Waals surface area contributed by atoms with Gasteiger partial charge >= 0.3 is 0 Å². The maximum atomic E-state index is 4.48. The van der Waals surface area contributed by atoms with E-state index in [1.807, 2.05) is 30.3 Å². The molecule has 0 aliphatic rings. The van der Waals surface area contributed by atoms with Gasteiger partial charge < -0.3 is 10.2 Å². The lowest BCUT2D eigenvalue weighted by molar-refractivity contribution is 1.12. The standard InChI is InChI=1S/C23H22N4/c1-16-8-7-11-19(22(16)27(2)3)17-12-13-21-20(14-17)23(25-15-24-21)26-18-9-5-4-6-10-18/h4-15H,1-3H3,(H,24,25,26). The zero-order valence-corrected chi connectivity index (χ0v) is 15.8. The van der Waals surface area contributed by atoms with Gasteiger partial charge in [0.25, 0.3) is 0 Å². The summed E-state index contributed by atoms with van der Waals surface area (Å²) in [5.74, 6) is 0.812. The Morgan fingerprint density at radius 1 is 0.852 bits per heavy atom. The molecule has 0 amide bonds. The summed E-state index contributed by atoms with van der Waals surface area (Å²) in [6.07, 6.45) is 1.60. The lowest BCUT2D eigenvalue weighted by atomic mass is 9.98. The molecule has 0 bridgehead atoms. The van der Waals surface area contributed by atoms with Gasteiger partial charge in [0.15, 0.2) is 0 Å². The molecular formula is C23H22N4. The summed E-state index contributed by atoms with van der Waals surface area (Å²) in [7, 11) is 4.16. The highest BCUT2D eigenvalue weighted by atomic mass is 15.1. The quantitative estimate of drug-likeness (QED) is 0.532. The Balaban J connectivity index is 1.86. The van der Waals surface area contributed by atoms with Gasteiger partial charge in [-0.2, -0.15) is 0 Å². The maximum absolute atomic E-state index is 4.48. The van der Waals surface area contributed by atoms with Crippen LogP contribution in [0.15, 0.2) is 73.1 Å². The first kappa shape index (κ1) is 17.0. The highest BCUT2D eigenvalue weighted by Crippen LogP contribution is 2.35. The summed E-state index contributed by atoms with van der Waals surface area (Å²) in [6, 6.07) is 22.8. The van der Waals surface area contributed by atoms with Gasteiger partial charge in [0.1, 0.15) is 12.1 Å². The molecule has 4 heteroatoms. The molecule has 1 aromatic heterocycles. The minimum atomic E-state index is 0.812. The third kappa shape index (κ3) is 3.34. The topological polar surface area (TPSA) is 41.1 Å². The Morgan fingerprint density at radius 2 is 1.67 bits per heavy atom. The average Bonchev–Trinajstić information content (AvgIpc) is 2.68. The zero-order chi connectivity index (χ0) is 18.8. The molecule has 0 atom stereocenters. The fourth-order valence-corrected chi connectivity index (χ4v) is 3.47. The van der Waals surface area contributed by atoms with Crippen molar-refractivity contribution in [2.45, 2.75) is 6.92 Å². The molecule has 134 valence electrons. The molecule has 3 aromatic carbocycles. The number of aromatic nitrogens is 2. The molecule has 0 fully saturated rings. The second-order valence-electron chi connectivity index (χ2n) is 6.81. The van der Waals surface area contributed by atoms with Crippen molar-refractivity contribution in [2.24, 2.45) is 0 Å². The Bertz CT molecular complexity index is 1090. The van der Waals surface area contributed by atoms with Crippen LogP contribution in [0.25, 0.3) is 22.0 Å². The number of hydrogen-bond acceptors (Lipinski definition) is 4. The van der Waals surface area contributed by atoms with Crippen molar-refractivity contribution in [3.63, 3.8) is 0 Å². The molecule has 4 nitrogen and oxygen atoms in total. The lowest BCUT2D eigenvalue weighted by Gasteiger charge is -2.20. The van der Waals surface area contributed by atoms with E-state index in [9.17, 15) is 0 Å².